The molecule has 1 amide bonds. The van der Waals surface area contributed by atoms with Crippen molar-refractivity contribution in [2.45, 2.75) is 0 Å². The summed E-state index contributed by atoms with van der Waals surface area (Å²) in [5.41, 5.74) is 1.26. The van der Waals surface area contributed by atoms with Crippen molar-refractivity contribution in [2.75, 3.05) is 5.32 Å². The Morgan fingerprint density at radius 2 is 2.08 bits per heavy atom. The number of nitro groups is 1. The van der Waals surface area contributed by atoms with Crippen molar-refractivity contribution in [1.29, 1.82) is 0 Å². The molecule has 10 heteroatoms. The molecular weight excluding hydrogens is 392 g/mol. The van der Waals surface area contributed by atoms with E-state index in [0.717, 1.165) is 5.56 Å². The van der Waals surface area contributed by atoms with Crippen molar-refractivity contribution >= 4 is 33.2 Å². The molecule has 0 spiro atoms. The number of tetrazole rings is 1. The maximum Gasteiger partial charge on any atom is 0.284 e. The molecule has 3 aromatic rings. The lowest BCUT2D eigenvalue weighted by molar-refractivity contribution is -0.385. The van der Waals surface area contributed by atoms with Gasteiger partial charge in [0.25, 0.3) is 11.6 Å². The van der Waals surface area contributed by atoms with Gasteiger partial charge in [0.05, 0.1) is 9.40 Å². The van der Waals surface area contributed by atoms with E-state index in [9.17, 15) is 14.9 Å². The molecule has 0 radical (unpaired) electrons. The van der Waals surface area contributed by atoms with E-state index in [1.807, 2.05) is 6.07 Å². The summed E-state index contributed by atoms with van der Waals surface area (Å²) in [6.45, 7) is 0. The van der Waals surface area contributed by atoms with E-state index >= 15 is 0 Å². The molecule has 0 unspecified atom stereocenters. The summed E-state index contributed by atoms with van der Waals surface area (Å²) in [4.78, 5) is 22.8. The predicted molar refractivity (Wildman–Crippen MR) is 93.0 cm³/mol. The van der Waals surface area contributed by atoms with Gasteiger partial charge < -0.3 is 5.32 Å². The molecule has 1 heterocycles. The van der Waals surface area contributed by atoms with E-state index in [2.05, 4.69) is 36.8 Å². The Morgan fingerprint density at radius 3 is 2.76 bits per heavy atom. The number of carbonyl (C=O) groups is 1. The van der Waals surface area contributed by atoms with Gasteiger partial charge in [0.15, 0.2) is 5.82 Å². The third kappa shape index (κ3) is 3.53. The maximum absolute atomic E-state index is 12.4. The van der Waals surface area contributed by atoms with E-state index < -0.39 is 10.8 Å². The molecule has 0 saturated heterocycles. The third-order valence-electron chi connectivity index (χ3n) is 3.40. The summed E-state index contributed by atoms with van der Waals surface area (Å²) in [5, 5.41) is 25.0. The van der Waals surface area contributed by atoms with Gasteiger partial charge in [-0.3, -0.25) is 14.9 Å². The smallest absolute Gasteiger partial charge is 0.284 e. The predicted octanol–water partition coefficient (Wildman–Crippen LogP) is 2.80. The van der Waals surface area contributed by atoms with Crippen LogP contribution in [0.1, 0.15) is 10.4 Å². The van der Waals surface area contributed by atoms with Gasteiger partial charge in [0.2, 0.25) is 0 Å². The van der Waals surface area contributed by atoms with Gasteiger partial charge in [-0.25, -0.2) is 4.68 Å². The second-order valence-corrected chi connectivity index (χ2v) is 5.94. The first-order chi connectivity index (χ1) is 12.0. The van der Waals surface area contributed by atoms with E-state index in [1.165, 1.54) is 22.9 Å². The van der Waals surface area contributed by atoms with Crippen molar-refractivity contribution in [1.82, 2.24) is 20.2 Å². The zero-order valence-electron chi connectivity index (χ0n) is 12.9. The van der Waals surface area contributed by atoms with Crippen LogP contribution in [0.2, 0.25) is 0 Å². The molecule has 0 aliphatic carbocycles. The van der Waals surface area contributed by atoms with Crippen LogP contribution in [0.3, 0.4) is 0 Å². The summed E-state index contributed by atoms with van der Waals surface area (Å²) in [7, 11) is 1.71. The zero-order chi connectivity index (χ0) is 18.0. The third-order valence-corrected chi connectivity index (χ3v) is 4.07. The van der Waals surface area contributed by atoms with E-state index in [1.54, 1.807) is 25.2 Å². The van der Waals surface area contributed by atoms with Gasteiger partial charge >= 0.3 is 0 Å². The lowest BCUT2D eigenvalue weighted by Gasteiger charge is -2.07. The second-order valence-electron chi connectivity index (χ2n) is 5.08. The number of hydrogen-bond acceptors (Lipinski definition) is 6. The van der Waals surface area contributed by atoms with Crippen molar-refractivity contribution in [3.63, 3.8) is 0 Å². The number of carbonyl (C=O) groups excluding carboxylic acids is 1. The Morgan fingerprint density at radius 1 is 1.28 bits per heavy atom. The highest BCUT2D eigenvalue weighted by Gasteiger charge is 2.16. The summed E-state index contributed by atoms with van der Waals surface area (Å²) in [5.74, 6) is 0.0965. The molecule has 0 saturated carbocycles. The fraction of sp³-hybridized carbons (Fsp3) is 0.0667. The Bertz CT molecular complexity index is 971. The van der Waals surface area contributed by atoms with Crippen LogP contribution in [0.5, 0.6) is 0 Å². The highest BCUT2D eigenvalue weighted by molar-refractivity contribution is 9.10. The quantitative estimate of drug-likeness (QED) is 0.529. The first-order valence-electron chi connectivity index (χ1n) is 7.04. The lowest BCUT2D eigenvalue weighted by Crippen LogP contribution is -2.12. The fourth-order valence-corrected chi connectivity index (χ4v) is 2.60. The molecule has 3 rings (SSSR count). The lowest BCUT2D eigenvalue weighted by atomic mass is 10.1. The average molecular weight is 403 g/mol. The van der Waals surface area contributed by atoms with Gasteiger partial charge in [-0.05, 0) is 50.6 Å². The number of hydrogen-bond donors (Lipinski definition) is 1. The number of aryl methyl sites for hydroxylation is 1. The Kier molecular flexibility index (Phi) is 4.52. The molecule has 1 aromatic heterocycles. The number of aromatic nitrogens is 4. The summed E-state index contributed by atoms with van der Waals surface area (Å²) < 4.78 is 1.82. The monoisotopic (exact) mass is 402 g/mol. The fourth-order valence-electron chi connectivity index (χ4n) is 2.21. The largest absolute Gasteiger partial charge is 0.322 e. The molecule has 126 valence electrons. The molecule has 25 heavy (non-hydrogen) atoms. The van der Waals surface area contributed by atoms with E-state index in [4.69, 9.17) is 0 Å². The number of amides is 1. The van der Waals surface area contributed by atoms with Gasteiger partial charge in [-0.15, -0.1) is 5.10 Å². The normalized spacial score (nSPS) is 10.5. The number of nitro benzene ring substituents is 1. The number of anilines is 1. The SMILES string of the molecule is Cn1nnnc1-c1cccc(NC(=O)c2ccc(Br)c([N+](=O)[O-])c2)c1. The van der Waals surface area contributed by atoms with Crippen LogP contribution >= 0.6 is 15.9 Å². The molecule has 0 aliphatic rings. The number of nitrogens with one attached hydrogen (secondary N) is 1. The first kappa shape index (κ1) is 16.7. The molecule has 0 aliphatic heterocycles. The minimum absolute atomic E-state index is 0.174. The highest BCUT2D eigenvalue weighted by atomic mass is 79.9. The summed E-state index contributed by atoms with van der Waals surface area (Å²) in [6, 6.07) is 11.2. The molecule has 0 atom stereocenters. The minimum atomic E-state index is -0.553. The van der Waals surface area contributed by atoms with E-state index in [0.29, 0.717) is 16.0 Å². The number of benzene rings is 2. The van der Waals surface area contributed by atoms with Gasteiger partial charge in [0.1, 0.15) is 0 Å². The second kappa shape index (κ2) is 6.77. The standard InChI is InChI=1S/C15H11BrN6O3/c1-21-14(18-19-20-21)9-3-2-4-11(7-9)17-15(23)10-5-6-12(16)13(8-10)22(24)25/h2-8H,1H3,(H,17,23). The van der Waals surface area contributed by atoms with Crippen LogP contribution in [0.15, 0.2) is 46.9 Å². The Balaban J connectivity index is 1.86. The first-order valence-corrected chi connectivity index (χ1v) is 7.83. The molecule has 0 bridgehead atoms. The molecule has 2 aromatic carbocycles. The van der Waals surface area contributed by atoms with E-state index in [-0.39, 0.29) is 11.3 Å². The molecular formula is C15H11BrN6O3. The van der Waals surface area contributed by atoms with Crippen LogP contribution in [-0.4, -0.2) is 31.0 Å². The Labute approximate surface area is 149 Å². The van der Waals surface area contributed by atoms with Crippen molar-refractivity contribution < 1.29 is 9.72 Å². The van der Waals surface area contributed by atoms with Gasteiger partial charge in [-0.1, -0.05) is 12.1 Å². The topological polar surface area (TPSA) is 116 Å². The summed E-state index contributed by atoms with van der Waals surface area (Å²) in [6.07, 6.45) is 0. The van der Waals surface area contributed by atoms with Crippen molar-refractivity contribution in [3.05, 3.63) is 62.6 Å². The van der Waals surface area contributed by atoms with Gasteiger partial charge in [-0.2, -0.15) is 0 Å². The van der Waals surface area contributed by atoms with Crippen LogP contribution in [0.25, 0.3) is 11.4 Å². The van der Waals surface area contributed by atoms with Crippen LogP contribution in [0.4, 0.5) is 11.4 Å². The van der Waals surface area contributed by atoms with Crippen LogP contribution in [-0.2, 0) is 7.05 Å². The number of halogens is 1. The van der Waals surface area contributed by atoms with Crippen molar-refractivity contribution in [3.8, 4) is 11.4 Å². The van der Waals surface area contributed by atoms with Gasteiger partial charge in [0, 0.05) is 29.9 Å². The average Bonchev–Trinajstić information content (AvgIpc) is 3.01. The zero-order valence-corrected chi connectivity index (χ0v) is 14.5. The number of rotatable bonds is 4. The van der Waals surface area contributed by atoms with Crippen molar-refractivity contribution in [2.24, 2.45) is 7.05 Å². The highest BCUT2D eigenvalue weighted by Crippen LogP contribution is 2.26. The Hall–Kier alpha value is -3.14. The molecule has 1 N–H and O–H groups in total. The molecule has 0 fully saturated rings. The van der Waals surface area contributed by atoms with Crippen LogP contribution in [0, 0.1) is 10.1 Å². The minimum Gasteiger partial charge on any atom is -0.322 e. The maximum atomic E-state index is 12.4. The molecule has 9 nitrogen and oxygen atoms in total. The summed E-state index contributed by atoms with van der Waals surface area (Å²) >= 11 is 3.09. The number of nitrogens with zero attached hydrogens (tertiary/aromatic N) is 5. The van der Waals surface area contributed by atoms with Crippen LogP contribution < -0.4 is 5.32 Å².